The highest BCUT2D eigenvalue weighted by Crippen LogP contribution is 2.16. The van der Waals surface area contributed by atoms with Gasteiger partial charge in [-0.2, -0.15) is 5.10 Å². The van der Waals surface area contributed by atoms with Crippen LogP contribution in [0, 0.1) is 6.92 Å². The third kappa shape index (κ3) is 1.51. The van der Waals surface area contributed by atoms with Crippen LogP contribution in [0.15, 0.2) is 24.3 Å². The van der Waals surface area contributed by atoms with E-state index in [4.69, 9.17) is 0 Å². The van der Waals surface area contributed by atoms with Crippen molar-refractivity contribution < 1.29 is 0 Å². The van der Waals surface area contributed by atoms with Crippen LogP contribution in [0.2, 0.25) is 0 Å². The minimum Gasteiger partial charge on any atom is -0.318 e. The van der Waals surface area contributed by atoms with E-state index >= 15 is 0 Å². The largest absolute Gasteiger partial charge is 0.318 e. The van der Waals surface area contributed by atoms with E-state index in [1.807, 2.05) is 13.1 Å². The Morgan fingerprint density at radius 2 is 2.14 bits per heavy atom. The summed E-state index contributed by atoms with van der Waals surface area (Å²) < 4.78 is 2.06. The molecule has 0 radical (unpaired) electrons. The molecule has 0 bridgehead atoms. The number of hydrogen-bond donors (Lipinski definition) is 1. The quantitative estimate of drug-likeness (QED) is 0.794. The highest BCUT2D eigenvalue weighted by Gasteiger charge is 2.04. The second kappa shape index (κ2) is 3.80. The molecule has 2 rings (SSSR count). The molecule has 0 unspecified atom stereocenters. The maximum Gasteiger partial charge on any atom is 0.0926 e. The van der Waals surface area contributed by atoms with E-state index in [0.29, 0.717) is 0 Å². The van der Waals surface area contributed by atoms with Crippen molar-refractivity contribution in [2.45, 2.75) is 13.5 Å². The summed E-state index contributed by atoms with van der Waals surface area (Å²) in [6, 6.07) is 8.25. The van der Waals surface area contributed by atoms with E-state index in [1.165, 1.54) is 11.1 Å². The van der Waals surface area contributed by atoms with E-state index < -0.39 is 0 Å². The van der Waals surface area contributed by atoms with E-state index in [2.05, 4.69) is 40.2 Å². The van der Waals surface area contributed by atoms with Crippen LogP contribution in [-0.4, -0.2) is 23.4 Å². The highest BCUT2D eigenvalue weighted by atomic mass is 15.3. The van der Waals surface area contributed by atoms with E-state index in [0.717, 1.165) is 18.6 Å². The lowest BCUT2D eigenvalue weighted by atomic mass is 10.2. The fraction of sp³-hybridized carbons (Fsp3) is 0.364. The summed E-state index contributed by atoms with van der Waals surface area (Å²) in [6.45, 7) is 4.00. The van der Waals surface area contributed by atoms with Crippen molar-refractivity contribution in [1.82, 2.24) is 15.1 Å². The lowest BCUT2D eigenvalue weighted by molar-refractivity contribution is 0.577. The van der Waals surface area contributed by atoms with Gasteiger partial charge in [0.15, 0.2) is 0 Å². The predicted molar refractivity (Wildman–Crippen MR) is 58.4 cm³/mol. The molecule has 0 spiro atoms. The number of benzene rings is 1. The molecule has 0 fully saturated rings. The first kappa shape index (κ1) is 9.21. The third-order valence-corrected chi connectivity index (χ3v) is 2.48. The molecule has 1 aromatic heterocycles. The van der Waals surface area contributed by atoms with Crippen LogP contribution in [0.1, 0.15) is 5.69 Å². The van der Waals surface area contributed by atoms with Crippen molar-refractivity contribution in [2.24, 2.45) is 0 Å². The van der Waals surface area contributed by atoms with Gasteiger partial charge >= 0.3 is 0 Å². The van der Waals surface area contributed by atoms with Crippen molar-refractivity contribution >= 4 is 10.9 Å². The highest BCUT2D eigenvalue weighted by molar-refractivity contribution is 5.81. The number of hydrogen-bond acceptors (Lipinski definition) is 2. The lowest BCUT2D eigenvalue weighted by Gasteiger charge is -2.02. The third-order valence-electron chi connectivity index (χ3n) is 2.48. The summed E-state index contributed by atoms with van der Waals surface area (Å²) in [7, 11) is 1.96. The summed E-state index contributed by atoms with van der Waals surface area (Å²) in [4.78, 5) is 0. The average molecular weight is 189 g/mol. The first-order chi connectivity index (χ1) is 6.83. The number of nitrogens with one attached hydrogen (secondary N) is 1. The summed E-state index contributed by atoms with van der Waals surface area (Å²) >= 11 is 0. The molecule has 3 nitrogen and oxygen atoms in total. The number of fused-ring (bicyclic) bond motifs is 1. The second-order valence-corrected chi connectivity index (χ2v) is 3.43. The lowest BCUT2D eigenvalue weighted by Crippen LogP contribution is -2.16. The smallest absolute Gasteiger partial charge is 0.0926 e. The van der Waals surface area contributed by atoms with E-state index in [1.54, 1.807) is 0 Å². The summed E-state index contributed by atoms with van der Waals surface area (Å²) in [5, 5.41) is 8.91. The fourth-order valence-electron chi connectivity index (χ4n) is 1.65. The van der Waals surface area contributed by atoms with Gasteiger partial charge < -0.3 is 5.32 Å². The van der Waals surface area contributed by atoms with Crippen molar-refractivity contribution in [2.75, 3.05) is 13.6 Å². The molecule has 0 aliphatic heterocycles. The number of aryl methyl sites for hydroxylation is 1. The number of nitrogens with zero attached hydrogens (tertiary/aromatic N) is 2. The Morgan fingerprint density at radius 3 is 2.86 bits per heavy atom. The minimum atomic E-state index is 0.928. The van der Waals surface area contributed by atoms with Gasteiger partial charge in [0.1, 0.15) is 0 Å². The number of likely N-dealkylation sites (N-methyl/N-ethyl adjacent to an activating group) is 1. The monoisotopic (exact) mass is 189 g/mol. The Bertz CT molecular complexity index is 431. The van der Waals surface area contributed by atoms with Crippen LogP contribution in [0.25, 0.3) is 10.9 Å². The van der Waals surface area contributed by atoms with Crippen LogP contribution in [0.3, 0.4) is 0 Å². The Kier molecular flexibility index (Phi) is 2.50. The molecular formula is C11H15N3. The standard InChI is InChI=1S/C11H15N3/c1-9-10-5-3-4-6-11(10)13-14(9)8-7-12-2/h3-6,12H,7-8H2,1-2H3. The fourth-order valence-corrected chi connectivity index (χ4v) is 1.65. The van der Waals surface area contributed by atoms with Crippen LogP contribution >= 0.6 is 0 Å². The Labute approximate surface area is 83.7 Å². The van der Waals surface area contributed by atoms with Crippen molar-refractivity contribution in [3.05, 3.63) is 30.0 Å². The molecule has 3 heteroatoms. The van der Waals surface area contributed by atoms with Gasteiger partial charge in [0.05, 0.1) is 12.1 Å². The molecule has 2 aromatic rings. The zero-order valence-corrected chi connectivity index (χ0v) is 8.62. The molecule has 1 heterocycles. The zero-order valence-electron chi connectivity index (χ0n) is 8.62. The van der Waals surface area contributed by atoms with Crippen molar-refractivity contribution in [1.29, 1.82) is 0 Å². The molecule has 0 saturated heterocycles. The van der Waals surface area contributed by atoms with Crippen molar-refractivity contribution in [3.8, 4) is 0 Å². The SMILES string of the molecule is CNCCn1nc2ccccc2c1C. The number of aromatic nitrogens is 2. The molecule has 0 atom stereocenters. The van der Waals surface area contributed by atoms with E-state index in [-0.39, 0.29) is 0 Å². The normalized spacial score (nSPS) is 11.0. The molecule has 1 aromatic carbocycles. The Balaban J connectivity index is 2.41. The molecule has 0 aliphatic carbocycles. The maximum atomic E-state index is 4.53. The van der Waals surface area contributed by atoms with Gasteiger partial charge in [0, 0.05) is 17.6 Å². The maximum absolute atomic E-state index is 4.53. The van der Waals surface area contributed by atoms with Gasteiger partial charge in [0.25, 0.3) is 0 Å². The number of rotatable bonds is 3. The van der Waals surface area contributed by atoms with Crippen LogP contribution in [-0.2, 0) is 6.54 Å². The minimum absolute atomic E-state index is 0.928. The molecular weight excluding hydrogens is 174 g/mol. The Morgan fingerprint density at radius 1 is 1.36 bits per heavy atom. The molecule has 1 N–H and O–H groups in total. The second-order valence-electron chi connectivity index (χ2n) is 3.43. The first-order valence-electron chi connectivity index (χ1n) is 4.89. The molecule has 0 amide bonds. The van der Waals surface area contributed by atoms with Crippen LogP contribution < -0.4 is 5.32 Å². The van der Waals surface area contributed by atoms with E-state index in [9.17, 15) is 0 Å². The molecule has 0 saturated carbocycles. The van der Waals surface area contributed by atoms with Crippen molar-refractivity contribution in [3.63, 3.8) is 0 Å². The molecule has 0 aliphatic rings. The topological polar surface area (TPSA) is 29.9 Å². The van der Waals surface area contributed by atoms with Gasteiger partial charge in [-0.1, -0.05) is 18.2 Å². The summed E-state index contributed by atoms with van der Waals surface area (Å²) in [5.74, 6) is 0. The van der Waals surface area contributed by atoms with Gasteiger partial charge in [-0.05, 0) is 20.0 Å². The van der Waals surface area contributed by atoms with Gasteiger partial charge in [-0.15, -0.1) is 0 Å². The Hall–Kier alpha value is -1.35. The summed E-state index contributed by atoms with van der Waals surface area (Å²) in [5.41, 5.74) is 2.33. The van der Waals surface area contributed by atoms with Crippen LogP contribution in [0.4, 0.5) is 0 Å². The van der Waals surface area contributed by atoms with Crippen LogP contribution in [0.5, 0.6) is 0 Å². The predicted octanol–water partition coefficient (Wildman–Crippen LogP) is 1.56. The van der Waals surface area contributed by atoms with Gasteiger partial charge in [0.2, 0.25) is 0 Å². The summed E-state index contributed by atoms with van der Waals surface area (Å²) in [6.07, 6.45) is 0. The average Bonchev–Trinajstić information content (AvgIpc) is 2.54. The molecule has 14 heavy (non-hydrogen) atoms. The molecule has 74 valence electrons. The first-order valence-corrected chi connectivity index (χ1v) is 4.89. The van der Waals surface area contributed by atoms with Gasteiger partial charge in [-0.3, -0.25) is 4.68 Å². The zero-order chi connectivity index (χ0) is 9.97. The van der Waals surface area contributed by atoms with Gasteiger partial charge in [-0.25, -0.2) is 0 Å².